The van der Waals surface area contributed by atoms with Crippen molar-refractivity contribution < 1.29 is 9.47 Å². The van der Waals surface area contributed by atoms with E-state index in [1.54, 1.807) is 13.2 Å². The van der Waals surface area contributed by atoms with Crippen molar-refractivity contribution in [3.05, 3.63) is 12.1 Å². The Labute approximate surface area is 111 Å². The molecule has 1 fully saturated rings. The number of aromatic nitrogens is 3. The van der Waals surface area contributed by atoms with Crippen LogP contribution in [0.3, 0.4) is 0 Å². The maximum atomic E-state index is 6.09. The van der Waals surface area contributed by atoms with Gasteiger partial charge in [0, 0.05) is 12.7 Å². The van der Waals surface area contributed by atoms with Crippen molar-refractivity contribution in [1.82, 2.24) is 14.5 Å². The second-order valence-corrected chi connectivity index (χ2v) is 5.12. The Hall–Kier alpha value is -1.82. The van der Waals surface area contributed by atoms with Gasteiger partial charge in [-0.05, 0) is 26.3 Å². The van der Waals surface area contributed by atoms with Gasteiger partial charge in [-0.1, -0.05) is 0 Å². The maximum absolute atomic E-state index is 6.09. The summed E-state index contributed by atoms with van der Waals surface area (Å²) in [5.41, 5.74) is 7.39. The van der Waals surface area contributed by atoms with E-state index in [1.807, 2.05) is 10.6 Å². The predicted molar refractivity (Wildman–Crippen MR) is 72.2 cm³/mol. The molecule has 3 rings (SSSR count). The van der Waals surface area contributed by atoms with E-state index in [1.165, 1.54) is 0 Å². The summed E-state index contributed by atoms with van der Waals surface area (Å²) in [7, 11) is 1.60. The van der Waals surface area contributed by atoms with E-state index in [0.29, 0.717) is 11.8 Å². The molecule has 2 aromatic rings. The van der Waals surface area contributed by atoms with Crippen LogP contribution in [-0.4, -0.2) is 34.4 Å². The molecule has 0 saturated carbocycles. The van der Waals surface area contributed by atoms with Gasteiger partial charge in [0.1, 0.15) is 5.52 Å². The monoisotopic (exact) mass is 262 g/mol. The zero-order chi connectivity index (χ0) is 13.6. The lowest BCUT2D eigenvalue weighted by atomic mass is 9.94. The zero-order valence-electron chi connectivity index (χ0n) is 11.4. The molecule has 2 aromatic heterocycles. The van der Waals surface area contributed by atoms with Crippen LogP contribution in [-0.2, 0) is 10.3 Å². The molecule has 102 valence electrons. The fourth-order valence-electron chi connectivity index (χ4n) is 2.69. The minimum absolute atomic E-state index is 0.0696. The molecule has 19 heavy (non-hydrogen) atoms. The van der Waals surface area contributed by atoms with Crippen LogP contribution in [0.15, 0.2) is 12.1 Å². The van der Waals surface area contributed by atoms with Crippen molar-refractivity contribution in [3.63, 3.8) is 0 Å². The van der Waals surface area contributed by atoms with E-state index in [-0.39, 0.29) is 11.6 Å². The molecule has 2 atom stereocenters. The minimum Gasteiger partial charge on any atom is -0.481 e. The number of nitrogens with two attached hydrogens (primary N) is 1. The van der Waals surface area contributed by atoms with Gasteiger partial charge in [-0.25, -0.2) is 4.98 Å². The molecule has 1 aliphatic rings. The maximum Gasteiger partial charge on any atom is 0.215 e. The molecular weight excluding hydrogens is 244 g/mol. The Bertz CT molecular complexity index is 624. The quantitative estimate of drug-likeness (QED) is 0.888. The van der Waals surface area contributed by atoms with Crippen LogP contribution in [0.25, 0.3) is 11.2 Å². The Morgan fingerprint density at radius 3 is 2.89 bits per heavy atom. The molecule has 2 unspecified atom stereocenters. The summed E-state index contributed by atoms with van der Waals surface area (Å²) in [5.74, 6) is 1.03. The lowest BCUT2D eigenvalue weighted by Gasteiger charge is -2.30. The minimum atomic E-state index is -0.224. The molecule has 1 saturated heterocycles. The van der Waals surface area contributed by atoms with Crippen molar-refractivity contribution >= 4 is 17.1 Å². The number of fused-ring (bicyclic) bond motifs is 1. The third kappa shape index (κ3) is 1.67. The average molecular weight is 262 g/mol. The number of pyridine rings is 1. The molecule has 0 spiro atoms. The van der Waals surface area contributed by atoms with Gasteiger partial charge in [0.2, 0.25) is 11.8 Å². The number of methoxy groups -OCH3 is 1. The highest BCUT2D eigenvalue weighted by molar-refractivity contribution is 5.75. The smallest absolute Gasteiger partial charge is 0.215 e. The number of nitrogens with zero attached hydrogens (tertiary/aromatic N) is 3. The third-order valence-electron chi connectivity index (χ3n) is 4.08. The fraction of sp³-hybridized carbons (Fsp3) is 0.538. The van der Waals surface area contributed by atoms with Crippen molar-refractivity contribution in [2.24, 2.45) is 0 Å². The van der Waals surface area contributed by atoms with Crippen LogP contribution in [0, 0.1) is 0 Å². The molecule has 0 amide bonds. The predicted octanol–water partition coefficient (Wildman–Crippen LogP) is 1.55. The van der Waals surface area contributed by atoms with E-state index in [4.69, 9.17) is 15.2 Å². The number of anilines is 1. The lowest BCUT2D eigenvalue weighted by Crippen LogP contribution is -2.37. The van der Waals surface area contributed by atoms with Crippen LogP contribution in [0.2, 0.25) is 0 Å². The van der Waals surface area contributed by atoms with Gasteiger partial charge in [-0.3, -0.25) is 4.57 Å². The Balaban J connectivity index is 2.24. The summed E-state index contributed by atoms with van der Waals surface area (Å²) < 4.78 is 12.8. The lowest BCUT2D eigenvalue weighted by molar-refractivity contribution is 0.0781. The molecule has 0 aromatic carbocycles. The number of hydrogen-bond donors (Lipinski definition) is 1. The third-order valence-corrected chi connectivity index (χ3v) is 4.08. The van der Waals surface area contributed by atoms with Gasteiger partial charge in [-0.2, -0.15) is 4.98 Å². The first-order chi connectivity index (χ1) is 9.06. The standard InChI is InChI=1S/C13H18N4O2/c1-8-13(2,6-7-19-8)17-11-9(15-12(17)14)4-5-10(16-11)18-3/h4-5,8H,6-7H2,1-3H3,(H2,14,15). The SMILES string of the molecule is COc1ccc2nc(N)n(C3(C)CCOC3C)c2n1. The van der Waals surface area contributed by atoms with Crippen molar-refractivity contribution in [3.8, 4) is 5.88 Å². The number of ether oxygens (including phenoxy) is 2. The molecule has 0 aliphatic carbocycles. The number of nitrogen functional groups attached to an aromatic ring is 1. The van der Waals surface area contributed by atoms with Gasteiger partial charge >= 0.3 is 0 Å². The van der Waals surface area contributed by atoms with Crippen molar-refractivity contribution in [1.29, 1.82) is 0 Å². The van der Waals surface area contributed by atoms with E-state index in [0.717, 1.165) is 24.2 Å². The highest BCUT2D eigenvalue weighted by Gasteiger charge is 2.41. The van der Waals surface area contributed by atoms with E-state index in [9.17, 15) is 0 Å². The molecule has 0 radical (unpaired) electrons. The van der Waals surface area contributed by atoms with Gasteiger partial charge < -0.3 is 15.2 Å². The fourth-order valence-corrected chi connectivity index (χ4v) is 2.69. The summed E-state index contributed by atoms with van der Waals surface area (Å²) >= 11 is 0. The largest absolute Gasteiger partial charge is 0.481 e. The van der Waals surface area contributed by atoms with Crippen LogP contribution in [0.4, 0.5) is 5.95 Å². The Morgan fingerprint density at radius 2 is 2.26 bits per heavy atom. The molecule has 6 nitrogen and oxygen atoms in total. The Morgan fingerprint density at radius 1 is 1.47 bits per heavy atom. The van der Waals surface area contributed by atoms with Crippen LogP contribution < -0.4 is 10.5 Å². The normalized spacial score (nSPS) is 27.0. The first-order valence-corrected chi connectivity index (χ1v) is 6.37. The van der Waals surface area contributed by atoms with E-state index >= 15 is 0 Å². The van der Waals surface area contributed by atoms with Gasteiger partial charge in [0.15, 0.2) is 5.65 Å². The van der Waals surface area contributed by atoms with Gasteiger partial charge in [0.05, 0.1) is 18.8 Å². The van der Waals surface area contributed by atoms with Gasteiger partial charge in [0.25, 0.3) is 0 Å². The molecule has 3 heterocycles. The van der Waals surface area contributed by atoms with Crippen molar-refractivity contribution in [2.75, 3.05) is 19.5 Å². The molecule has 1 aliphatic heterocycles. The summed E-state index contributed by atoms with van der Waals surface area (Å²) in [6, 6.07) is 3.66. The summed E-state index contributed by atoms with van der Waals surface area (Å²) in [6.45, 7) is 4.91. The van der Waals surface area contributed by atoms with E-state index < -0.39 is 0 Å². The second kappa shape index (κ2) is 4.09. The molecule has 6 heteroatoms. The second-order valence-electron chi connectivity index (χ2n) is 5.12. The summed E-state index contributed by atoms with van der Waals surface area (Å²) in [6.07, 6.45) is 0.961. The summed E-state index contributed by atoms with van der Waals surface area (Å²) in [5, 5.41) is 0. The number of hydrogen-bond acceptors (Lipinski definition) is 5. The Kier molecular flexibility index (Phi) is 2.63. The topological polar surface area (TPSA) is 75.2 Å². The number of rotatable bonds is 2. The first kappa shape index (κ1) is 12.2. The van der Waals surface area contributed by atoms with Gasteiger partial charge in [-0.15, -0.1) is 0 Å². The highest BCUT2D eigenvalue weighted by Crippen LogP contribution is 2.37. The highest BCUT2D eigenvalue weighted by atomic mass is 16.5. The molecule has 0 bridgehead atoms. The van der Waals surface area contributed by atoms with Crippen LogP contribution in [0.1, 0.15) is 20.3 Å². The number of imidazole rings is 1. The van der Waals surface area contributed by atoms with E-state index in [2.05, 4.69) is 23.8 Å². The first-order valence-electron chi connectivity index (χ1n) is 6.37. The molecule has 2 N–H and O–H groups in total. The van der Waals surface area contributed by atoms with Crippen LogP contribution in [0.5, 0.6) is 5.88 Å². The molecular formula is C13H18N4O2. The van der Waals surface area contributed by atoms with Crippen LogP contribution >= 0.6 is 0 Å². The zero-order valence-corrected chi connectivity index (χ0v) is 11.4. The van der Waals surface area contributed by atoms with Crippen molar-refractivity contribution in [2.45, 2.75) is 31.9 Å². The summed E-state index contributed by atoms with van der Waals surface area (Å²) in [4.78, 5) is 8.86. The average Bonchev–Trinajstić information content (AvgIpc) is 2.89.